The predicted molar refractivity (Wildman–Crippen MR) is 81.8 cm³/mol. The van der Waals surface area contributed by atoms with E-state index in [0.29, 0.717) is 11.7 Å². The normalized spacial score (nSPS) is 10.3. The SMILES string of the molecule is CCCNc1ncc(F)c(N(C)c2ccccc2OC)n1. The minimum atomic E-state index is -0.481. The van der Waals surface area contributed by atoms with E-state index in [4.69, 9.17) is 4.74 Å². The van der Waals surface area contributed by atoms with E-state index < -0.39 is 5.82 Å². The molecule has 0 spiro atoms. The Kier molecular flexibility index (Phi) is 4.92. The maximum absolute atomic E-state index is 14.0. The minimum Gasteiger partial charge on any atom is -0.495 e. The predicted octanol–water partition coefficient (Wildman–Crippen LogP) is 3.21. The Morgan fingerprint density at radius 3 is 2.81 bits per heavy atom. The number of aromatic nitrogens is 2. The van der Waals surface area contributed by atoms with Crippen LogP contribution in [0.1, 0.15) is 13.3 Å². The van der Waals surface area contributed by atoms with Crippen molar-refractivity contribution in [3.63, 3.8) is 0 Å². The van der Waals surface area contributed by atoms with Crippen LogP contribution in [-0.2, 0) is 0 Å². The summed E-state index contributed by atoms with van der Waals surface area (Å²) >= 11 is 0. The average molecular weight is 290 g/mol. The number of nitrogens with zero attached hydrogens (tertiary/aromatic N) is 3. The molecule has 0 saturated heterocycles. The van der Waals surface area contributed by atoms with Gasteiger partial charge in [-0.15, -0.1) is 0 Å². The highest BCUT2D eigenvalue weighted by atomic mass is 19.1. The first kappa shape index (κ1) is 15.0. The summed E-state index contributed by atoms with van der Waals surface area (Å²) in [5, 5.41) is 3.05. The van der Waals surface area contributed by atoms with Crippen LogP contribution in [0.2, 0.25) is 0 Å². The summed E-state index contributed by atoms with van der Waals surface area (Å²) < 4.78 is 19.3. The summed E-state index contributed by atoms with van der Waals surface area (Å²) in [7, 11) is 3.32. The van der Waals surface area contributed by atoms with Gasteiger partial charge >= 0.3 is 0 Å². The van der Waals surface area contributed by atoms with Crippen molar-refractivity contribution in [2.24, 2.45) is 0 Å². The lowest BCUT2D eigenvalue weighted by Gasteiger charge is -2.21. The largest absolute Gasteiger partial charge is 0.495 e. The highest BCUT2D eigenvalue weighted by Gasteiger charge is 2.16. The number of nitrogens with one attached hydrogen (secondary N) is 1. The quantitative estimate of drug-likeness (QED) is 0.885. The number of benzene rings is 1. The third-order valence-electron chi connectivity index (χ3n) is 3.02. The molecule has 0 aliphatic carbocycles. The van der Waals surface area contributed by atoms with Crippen LogP contribution in [0.25, 0.3) is 0 Å². The van der Waals surface area contributed by atoms with Crippen molar-refractivity contribution in [1.82, 2.24) is 9.97 Å². The van der Waals surface area contributed by atoms with Crippen LogP contribution in [0, 0.1) is 5.82 Å². The molecule has 2 aromatic rings. The Morgan fingerprint density at radius 1 is 1.33 bits per heavy atom. The first-order chi connectivity index (χ1) is 10.2. The van der Waals surface area contributed by atoms with Gasteiger partial charge in [0.1, 0.15) is 5.75 Å². The molecule has 0 aliphatic rings. The maximum atomic E-state index is 14.0. The molecule has 0 bridgehead atoms. The Hall–Kier alpha value is -2.37. The molecule has 21 heavy (non-hydrogen) atoms. The summed E-state index contributed by atoms with van der Waals surface area (Å²) in [4.78, 5) is 9.82. The number of hydrogen-bond donors (Lipinski definition) is 1. The molecular formula is C15H19FN4O. The number of methoxy groups -OCH3 is 1. The number of hydrogen-bond acceptors (Lipinski definition) is 5. The van der Waals surface area contributed by atoms with E-state index in [1.165, 1.54) is 6.20 Å². The van der Waals surface area contributed by atoms with E-state index in [1.807, 2.05) is 31.2 Å². The van der Waals surface area contributed by atoms with Gasteiger partial charge < -0.3 is 15.0 Å². The summed E-state index contributed by atoms with van der Waals surface area (Å²) in [5.74, 6) is 0.787. The monoisotopic (exact) mass is 290 g/mol. The van der Waals surface area contributed by atoms with Crippen LogP contribution < -0.4 is 15.0 Å². The van der Waals surface area contributed by atoms with Gasteiger partial charge in [-0.2, -0.15) is 4.98 Å². The number of anilines is 3. The van der Waals surface area contributed by atoms with Gasteiger partial charge in [0.05, 0.1) is 19.0 Å². The molecule has 0 amide bonds. The molecule has 0 atom stereocenters. The molecule has 1 N–H and O–H groups in total. The van der Waals surface area contributed by atoms with Crippen LogP contribution in [0.3, 0.4) is 0 Å². The average Bonchev–Trinajstić information content (AvgIpc) is 2.53. The van der Waals surface area contributed by atoms with Crippen molar-refractivity contribution in [3.05, 3.63) is 36.3 Å². The van der Waals surface area contributed by atoms with E-state index in [1.54, 1.807) is 19.1 Å². The lowest BCUT2D eigenvalue weighted by Crippen LogP contribution is -2.16. The summed E-state index contributed by atoms with van der Waals surface area (Å²) in [6.45, 7) is 2.78. The second kappa shape index (κ2) is 6.88. The standard InChI is InChI=1S/C15H19FN4O/c1-4-9-17-15-18-10-11(16)14(19-15)20(2)12-7-5-6-8-13(12)21-3/h5-8,10H,4,9H2,1-3H3,(H,17,18,19). The fourth-order valence-corrected chi connectivity index (χ4v) is 1.94. The molecule has 1 aromatic carbocycles. The van der Waals surface area contributed by atoms with Gasteiger partial charge in [-0.1, -0.05) is 19.1 Å². The molecule has 1 aromatic heterocycles. The zero-order valence-electron chi connectivity index (χ0n) is 12.4. The summed E-state index contributed by atoms with van der Waals surface area (Å²) in [6.07, 6.45) is 2.12. The van der Waals surface area contributed by atoms with E-state index in [0.717, 1.165) is 18.7 Å². The fraction of sp³-hybridized carbons (Fsp3) is 0.333. The lowest BCUT2D eigenvalue weighted by molar-refractivity contribution is 0.415. The van der Waals surface area contributed by atoms with Crippen LogP contribution >= 0.6 is 0 Å². The van der Waals surface area contributed by atoms with E-state index in [9.17, 15) is 4.39 Å². The van der Waals surface area contributed by atoms with Gasteiger partial charge in [0.2, 0.25) is 5.95 Å². The van der Waals surface area contributed by atoms with Gasteiger partial charge in [0.25, 0.3) is 0 Å². The molecule has 6 heteroatoms. The van der Waals surface area contributed by atoms with Crippen molar-refractivity contribution < 1.29 is 9.13 Å². The van der Waals surface area contributed by atoms with Crippen LogP contribution in [-0.4, -0.2) is 30.7 Å². The zero-order valence-corrected chi connectivity index (χ0v) is 12.4. The third kappa shape index (κ3) is 3.39. The molecule has 0 aliphatic heterocycles. The number of halogens is 1. The maximum Gasteiger partial charge on any atom is 0.224 e. The molecule has 0 radical (unpaired) electrons. The van der Waals surface area contributed by atoms with E-state index >= 15 is 0 Å². The topological polar surface area (TPSA) is 50.3 Å². The van der Waals surface area contributed by atoms with Gasteiger partial charge in [0.15, 0.2) is 11.6 Å². The molecule has 112 valence electrons. The van der Waals surface area contributed by atoms with E-state index in [2.05, 4.69) is 15.3 Å². The number of rotatable bonds is 6. The second-order valence-electron chi connectivity index (χ2n) is 4.52. The molecule has 2 rings (SSSR count). The first-order valence-electron chi connectivity index (χ1n) is 6.80. The van der Waals surface area contributed by atoms with Crippen molar-refractivity contribution >= 4 is 17.5 Å². The highest BCUT2D eigenvalue weighted by molar-refractivity contribution is 5.67. The molecular weight excluding hydrogens is 271 g/mol. The zero-order chi connectivity index (χ0) is 15.2. The third-order valence-corrected chi connectivity index (χ3v) is 3.02. The number of para-hydroxylation sites is 2. The van der Waals surface area contributed by atoms with Gasteiger partial charge in [0, 0.05) is 13.6 Å². The van der Waals surface area contributed by atoms with Crippen molar-refractivity contribution in [1.29, 1.82) is 0 Å². The van der Waals surface area contributed by atoms with Crippen molar-refractivity contribution in [2.45, 2.75) is 13.3 Å². The van der Waals surface area contributed by atoms with Crippen LogP contribution in [0.15, 0.2) is 30.5 Å². The number of ether oxygens (including phenoxy) is 1. The molecule has 0 saturated carbocycles. The summed E-state index contributed by atoms with van der Waals surface area (Å²) in [5.41, 5.74) is 0.735. The van der Waals surface area contributed by atoms with Crippen molar-refractivity contribution in [3.8, 4) is 5.75 Å². The Labute approximate surface area is 123 Å². The van der Waals surface area contributed by atoms with Gasteiger partial charge in [-0.3, -0.25) is 0 Å². The van der Waals surface area contributed by atoms with E-state index in [-0.39, 0.29) is 5.82 Å². The second-order valence-corrected chi connectivity index (χ2v) is 4.52. The molecule has 1 heterocycles. The molecule has 0 unspecified atom stereocenters. The Bertz CT molecular complexity index is 606. The Balaban J connectivity index is 2.35. The molecule has 0 fully saturated rings. The van der Waals surface area contributed by atoms with Gasteiger partial charge in [-0.05, 0) is 18.6 Å². The van der Waals surface area contributed by atoms with Crippen molar-refractivity contribution in [2.75, 3.05) is 30.9 Å². The lowest BCUT2D eigenvalue weighted by atomic mass is 10.2. The smallest absolute Gasteiger partial charge is 0.224 e. The van der Waals surface area contributed by atoms with Crippen LogP contribution in [0.4, 0.5) is 21.8 Å². The first-order valence-corrected chi connectivity index (χ1v) is 6.80. The summed E-state index contributed by atoms with van der Waals surface area (Å²) in [6, 6.07) is 7.39. The Morgan fingerprint density at radius 2 is 2.10 bits per heavy atom. The van der Waals surface area contributed by atoms with Crippen LogP contribution in [0.5, 0.6) is 5.75 Å². The minimum absolute atomic E-state index is 0.202. The van der Waals surface area contributed by atoms with Gasteiger partial charge in [-0.25, -0.2) is 9.37 Å². The fourth-order valence-electron chi connectivity index (χ4n) is 1.94. The molecule has 5 nitrogen and oxygen atoms in total. The highest BCUT2D eigenvalue weighted by Crippen LogP contribution is 2.32.